The molecule has 0 atom stereocenters. The minimum absolute atomic E-state index is 0.101. The number of hydrogen-bond donors (Lipinski definition) is 3. The summed E-state index contributed by atoms with van der Waals surface area (Å²) < 4.78 is 0. The van der Waals surface area contributed by atoms with Crippen molar-refractivity contribution in [2.75, 3.05) is 0 Å². The zero-order valence-electron chi connectivity index (χ0n) is 13.1. The normalized spacial score (nSPS) is 18.5. The van der Waals surface area contributed by atoms with Gasteiger partial charge in [-0.1, -0.05) is 38.1 Å². The van der Waals surface area contributed by atoms with Gasteiger partial charge in [-0.15, -0.1) is 12.6 Å². The van der Waals surface area contributed by atoms with E-state index in [4.69, 9.17) is 5.73 Å². The van der Waals surface area contributed by atoms with Crippen LogP contribution in [0.3, 0.4) is 0 Å². The molecule has 0 saturated carbocycles. The molecule has 0 amide bonds. The molecule has 0 saturated heterocycles. The molecule has 0 bridgehead atoms. The van der Waals surface area contributed by atoms with Gasteiger partial charge in [-0.3, -0.25) is 0 Å². The Morgan fingerprint density at radius 1 is 1.41 bits per heavy atom. The molecule has 22 heavy (non-hydrogen) atoms. The molecule has 0 heterocycles. The van der Waals surface area contributed by atoms with Crippen LogP contribution in [-0.2, 0) is 11.3 Å². The molecule has 2 rings (SSSR count). The maximum absolute atomic E-state index is 11.8. The highest BCUT2D eigenvalue weighted by molar-refractivity contribution is 7.84. The van der Waals surface area contributed by atoms with Crippen molar-refractivity contribution < 1.29 is 9.90 Å². The third-order valence-electron chi connectivity index (χ3n) is 4.17. The van der Waals surface area contributed by atoms with Gasteiger partial charge >= 0.3 is 5.97 Å². The molecule has 0 radical (unpaired) electrons. The second-order valence-electron chi connectivity index (χ2n) is 6.53. The Bertz CT molecular complexity index is 644. The number of benzene rings is 1. The molecule has 3 N–H and O–H groups in total. The summed E-state index contributed by atoms with van der Waals surface area (Å²) in [5, 5.41) is 9.67. The fraction of sp³-hybridized carbons (Fsp3) is 0.389. The number of nitrogens with two attached hydrogens (primary N) is 1. The summed E-state index contributed by atoms with van der Waals surface area (Å²) in [4.78, 5) is 12.7. The van der Waals surface area contributed by atoms with Crippen molar-refractivity contribution in [3.63, 3.8) is 0 Å². The molecule has 0 aliphatic heterocycles. The number of rotatable bonds is 4. The Balaban J connectivity index is 2.51. The Labute approximate surface area is 137 Å². The fourth-order valence-electron chi connectivity index (χ4n) is 2.82. The number of hydrogen-bond acceptors (Lipinski definition) is 3. The molecular formula is C18H23NO2S. The molecule has 0 unspecified atom stereocenters. The van der Waals surface area contributed by atoms with Gasteiger partial charge in [0.25, 0.3) is 0 Å². The van der Waals surface area contributed by atoms with Gasteiger partial charge in [0.15, 0.2) is 0 Å². The summed E-state index contributed by atoms with van der Waals surface area (Å²) in [6, 6.07) is 7.63. The van der Waals surface area contributed by atoms with E-state index < -0.39 is 5.97 Å². The molecule has 1 aliphatic carbocycles. The van der Waals surface area contributed by atoms with Crippen molar-refractivity contribution in [3.05, 3.63) is 51.4 Å². The van der Waals surface area contributed by atoms with E-state index in [2.05, 4.69) is 26.5 Å². The molecule has 4 heteroatoms. The van der Waals surface area contributed by atoms with E-state index in [1.807, 2.05) is 24.3 Å². The summed E-state index contributed by atoms with van der Waals surface area (Å²) in [5.74, 6) is -0.911. The van der Waals surface area contributed by atoms with E-state index in [1.54, 1.807) is 6.08 Å². The quantitative estimate of drug-likeness (QED) is 0.581. The van der Waals surface area contributed by atoms with Crippen LogP contribution in [0.25, 0.3) is 6.08 Å². The van der Waals surface area contributed by atoms with E-state index in [-0.39, 0.29) is 5.41 Å². The summed E-state index contributed by atoms with van der Waals surface area (Å²) in [5.41, 5.74) is 8.83. The van der Waals surface area contributed by atoms with Gasteiger partial charge in [0, 0.05) is 6.54 Å². The number of carbonyl (C=O) groups is 1. The first-order chi connectivity index (χ1) is 10.3. The summed E-state index contributed by atoms with van der Waals surface area (Å²) in [6.45, 7) is 4.72. The second-order valence-corrected chi connectivity index (χ2v) is 7.07. The summed E-state index contributed by atoms with van der Waals surface area (Å²) >= 11 is 4.53. The van der Waals surface area contributed by atoms with Crippen LogP contribution in [0.2, 0.25) is 0 Å². The first kappa shape index (κ1) is 16.8. The van der Waals surface area contributed by atoms with Crippen molar-refractivity contribution in [3.8, 4) is 0 Å². The lowest BCUT2D eigenvalue weighted by Crippen LogP contribution is -2.20. The molecular weight excluding hydrogens is 294 g/mol. The van der Waals surface area contributed by atoms with Crippen LogP contribution >= 0.6 is 12.6 Å². The lowest BCUT2D eigenvalue weighted by atomic mass is 9.75. The average Bonchev–Trinajstić information content (AvgIpc) is 2.47. The maximum Gasteiger partial charge on any atom is 0.336 e. The third kappa shape index (κ3) is 3.81. The van der Waals surface area contributed by atoms with Crippen LogP contribution < -0.4 is 5.73 Å². The van der Waals surface area contributed by atoms with Crippen molar-refractivity contribution in [2.24, 2.45) is 11.1 Å². The highest BCUT2D eigenvalue weighted by Gasteiger charge is 2.29. The number of carboxylic acids is 1. The van der Waals surface area contributed by atoms with Gasteiger partial charge in [0.1, 0.15) is 0 Å². The predicted molar refractivity (Wildman–Crippen MR) is 93.6 cm³/mol. The largest absolute Gasteiger partial charge is 0.478 e. The highest BCUT2D eigenvalue weighted by Crippen LogP contribution is 2.43. The van der Waals surface area contributed by atoms with Crippen LogP contribution in [0.4, 0.5) is 0 Å². The number of thiol groups is 1. The van der Waals surface area contributed by atoms with Crippen molar-refractivity contribution in [1.29, 1.82) is 0 Å². The summed E-state index contributed by atoms with van der Waals surface area (Å²) in [7, 11) is 0. The SMILES string of the molecule is CC1(C)CCC(S)=C(/C(=C/c2ccccc2CN)C(=O)O)C1. The molecule has 0 fully saturated rings. The van der Waals surface area contributed by atoms with Crippen LogP contribution in [0.5, 0.6) is 0 Å². The number of aliphatic carboxylic acids is 1. The predicted octanol–water partition coefficient (Wildman–Crippen LogP) is 4.01. The zero-order chi connectivity index (χ0) is 16.3. The topological polar surface area (TPSA) is 63.3 Å². The Morgan fingerprint density at radius 3 is 2.73 bits per heavy atom. The lowest BCUT2D eigenvalue weighted by molar-refractivity contribution is -0.132. The van der Waals surface area contributed by atoms with Crippen molar-refractivity contribution >= 4 is 24.7 Å². The lowest BCUT2D eigenvalue weighted by Gasteiger charge is -2.32. The Kier molecular flexibility index (Phi) is 5.14. The van der Waals surface area contributed by atoms with Gasteiger partial charge in [0.2, 0.25) is 0 Å². The van der Waals surface area contributed by atoms with E-state index >= 15 is 0 Å². The summed E-state index contributed by atoms with van der Waals surface area (Å²) in [6.07, 6.45) is 4.32. The average molecular weight is 317 g/mol. The molecule has 1 aliphatic rings. The smallest absolute Gasteiger partial charge is 0.336 e. The van der Waals surface area contributed by atoms with E-state index in [0.29, 0.717) is 12.1 Å². The molecule has 0 spiro atoms. The van der Waals surface area contributed by atoms with Gasteiger partial charge in [-0.05, 0) is 52.4 Å². The van der Waals surface area contributed by atoms with E-state index in [9.17, 15) is 9.90 Å². The fourth-order valence-corrected chi connectivity index (χ4v) is 3.13. The molecule has 0 aromatic heterocycles. The Hall–Kier alpha value is -1.52. The van der Waals surface area contributed by atoms with Gasteiger partial charge in [0.05, 0.1) is 5.57 Å². The molecule has 1 aromatic carbocycles. The number of allylic oxidation sites excluding steroid dienone is 1. The zero-order valence-corrected chi connectivity index (χ0v) is 14.0. The second kappa shape index (κ2) is 6.71. The van der Waals surface area contributed by atoms with Crippen molar-refractivity contribution in [1.82, 2.24) is 0 Å². The highest BCUT2D eigenvalue weighted by atomic mass is 32.1. The molecule has 3 nitrogen and oxygen atoms in total. The first-order valence-electron chi connectivity index (χ1n) is 7.48. The van der Waals surface area contributed by atoms with Crippen LogP contribution in [0.15, 0.2) is 40.3 Å². The van der Waals surface area contributed by atoms with Crippen LogP contribution in [-0.4, -0.2) is 11.1 Å². The first-order valence-corrected chi connectivity index (χ1v) is 7.93. The van der Waals surface area contributed by atoms with Crippen LogP contribution in [0.1, 0.15) is 44.2 Å². The van der Waals surface area contributed by atoms with Crippen LogP contribution in [0, 0.1) is 5.41 Å². The Morgan fingerprint density at radius 2 is 2.09 bits per heavy atom. The minimum atomic E-state index is -0.911. The monoisotopic (exact) mass is 317 g/mol. The molecule has 1 aromatic rings. The van der Waals surface area contributed by atoms with Gasteiger partial charge < -0.3 is 10.8 Å². The number of carboxylic acid groups (broad SMARTS) is 1. The van der Waals surface area contributed by atoms with Gasteiger partial charge in [-0.2, -0.15) is 0 Å². The standard InChI is InChI=1S/C18H23NO2S/c1-18(2)8-7-16(22)15(10-18)14(17(20)21)9-12-5-3-4-6-13(12)11-19/h3-6,9,22H,7-8,10-11,19H2,1-2H3,(H,20,21)/b14-9-. The van der Waals surface area contributed by atoms with E-state index in [0.717, 1.165) is 40.9 Å². The maximum atomic E-state index is 11.8. The third-order valence-corrected chi connectivity index (χ3v) is 4.67. The van der Waals surface area contributed by atoms with Crippen molar-refractivity contribution in [2.45, 2.75) is 39.7 Å². The molecule has 118 valence electrons. The van der Waals surface area contributed by atoms with Gasteiger partial charge in [-0.25, -0.2) is 4.79 Å². The minimum Gasteiger partial charge on any atom is -0.478 e. The van der Waals surface area contributed by atoms with E-state index in [1.165, 1.54) is 0 Å².